The maximum Gasteiger partial charge on any atom is 0.324 e. The Morgan fingerprint density at radius 1 is 0.933 bits per heavy atom. The molecule has 1 aliphatic heterocycles. The highest BCUT2D eigenvalue weighted by Gasteiger charge is 2.30. The van der Waals surface area contributed by atoms with E-state index in [0.717, 1.165) is 11.1 Å². The molecular weight excluding hydrogens is 400 g/mol. The first-order valence-electron chi connectivity index (χ1n) is 10.1. The lowest BCUT2D eigenvalue weighted by atomic mass is 10.0. The molecule has 1 saturated heterocycles. The van der Waals surface area contributed by atoms with Crippen LogP contribution >= 0.6 is 0 Å². The number of piperazine rings is 1. The van der Waals surface area contributed by atoms with Crippen molar-refractivity contribution >= 4 is 16.0 Å². The number of rotatable bonds is 5. The third-order valence-corrected chi connectivity index (χ3v) is 7.33. The summed E-state index contributed by atoms with van der Waals surface area (Å²) < 4.78 is 32.9. The molecule has 1 aromatic heterocycles. The second kappa shape index (κ2) is 8.20. The second-order valence-electron chi connectivity index (χ2n) is 7.88. The van der Waals surface area contributed by atoms with Crippen molar-refractivity contribution in [3.63, 3.8) is 0 Å². The number of nitrogens with zero attached hydrogens (tertiary/aromatic N) is 4. The van der Waals surface area contributed by atoms with Crippen LogP contribution in [-0.4, -0.2) is 49.0 Å². The monoisotopic (exact) mass is 426 g/mol. The van der Waals surface area contributed by atoms with E-state index < -0.39 is 10.0 Å². The molecule has 0 aliphatic carbocycles. The van der Waals surface area contributed by atoms with Crippen LogP contribution in [0.4, 0.5) is 6.01 Å². The molecule has 1 aliphatic rings. The van der Waals surface area contributed by atoms with Gasteiger partial charge in [-0.1, -0.05) is 61.0 Å². The maximum atomic E-state index is 13.0. The van der Waals surface area contributed by atoms with Crippen molar-refractivity contribution in [3.05, 3.63) is 59.7 Å². The summed E-state index contributed by atoms with van der Waals surface area (Å²) in [5.41, 5.74) is 3.18. The summed E-state index contributed by atoms with van der Waals surface area (Å²) in [5.74, 6) is 0.898. The number of anilines is 1. The Balaban J connectivity index is 1.43. The van der Waals surface area contributed by atoms with E-state index in [2.05, 4.69) is 24.0 Å². The van der Waals surface area contributed by atoms with Crippen LogP contribution in [0, 0.1) is 6.92 Å². The Hall–Kier alpha value is -2.71. The largest absolute Gasteiger partial charge is 0.324 e. The highest BCUT2D eigenvalue weighted by Crippen LogP contribution is 2.24. The van der Waals surface area contributed by atoms with Gasteiger partial charge in [0.2, 0.25) is 15.8 Å². The molecule has 0 amide bonds. The van der Waals surface area contributed by atoms with Crippen LogP contribution in [-0.2, 0) is 10.0 Å². The molecule has 0 radical (unpaired) electrons. The van der Waals surface area contributed by atoms with Crippen molar-refractivity contribution in [2.45, 2.75) is 31.6 Å². The lowest BCUT2D eigenvalue weighted by molar-refractivity contribution is 0.355. The Kier molecular flexibility index (Phi) is 5.62. The highest BCUT2D eigenvalue weighted by atomic mass is 32.2. The Morgan fingerprint density at radius 3 is 2.17 bits per heavy atom. The van der Waals surface area contributed by atoms with Gasteiger partial charge in [-0.2, -0.15) is 9.29 Å². The summed E-state index contributed by atoms with van der Waals surface area (Å²) in [6.07, 6.45) is 0. The number of hydrogen-bond donors (Lipinski definition) is 0. The summed E-state index contributed by atoms with van der Waals surface area (Å²) in [6, 6.07) is 15.5. The van der Waals surface area contributed by atoms with E-state index >= 15 is 0 Å². The van der Waals surface area contributed by atoms with Gasteiger partial charge in [0.25, 0.3) is 0 Å². The van der Waals surface area contributed by atoms with Gasteiger partial charge >= 0.3 is 6.01 Å². The molecule has 0 saturated carbocycles. The average Bonchev–Trinajstić information content (AvgIpc) is 3.25. The molecule has 0 spiro atoms. The van der Waals surface area contributed by atoms with Crippen LogP contribution in [0.3, 0.4) is 0 Å². The zero-order valence-corrected chi connectivity index (χ0v) is 18.3. The van der Waals surface area contributed by atoms with Crippen LogP contribution in [0.2, 0.25) is 0 Å². The molecule has 2 aromatic carbocycles. The van der Waals surface area contributed by atoms with Gasteiger partial charge in [0.1, 0.15) is 0 Å². The van der Waals surface area contributed by atoms with Gasteiger partial charge in [-0.3, -0.25) is 0 Å². The molecule has 0 N–H and O–H groups in total. The minimum Gasteiger partial charge on any atom is -0.322 e. The predicted molar refractivity (Wildman–Crippen MR) is 116 cm³/mol. The summed E-state index contributed by atoms with van der Waals surface area (Å²) in [7, 11) is -3.51. The molecule has 1 fully saturated rings. The minimum atomic E-state index is -3.51. The number of aryl methyl sites for hydroxylation is 1. The average molecular weight is 427 g/mol. The van der Waals surface area contributed by atoms with Crippen LogP contribution in [0.5, 0.6) is 0 Å². The van der Waals surface area contributed by atoms with E-state index in [1.807, 2.05) is 48.2 Å². The normalized spacial score (nSPS) is 15.7. The van der Waals surface area contributed by atoms with Crippen LogP contribution in [0.25, 0.3) is 11.4 Å². The van der Waals surface area contributed by atoms with Crippen LogP contribution in [0.15, 0.2) is 57.9 Å². The third kappa shape index (κ3) is 4.11. The zero-order valence-electron chi connectivity index (χ0n) is 17.4. The zero-order chi connectivity index (χ0) is 21.3. The Morgan fingerprint density at radius 2 is 1.57 bits per heavy atom. The van der Waals surface area contributed by atoms with Crippen LogP contribution in [0.1, 0.15) is 30.9 Å². The molecule has 0 atom stereocenters. The first-order valence-corrected chi connectivity index (χ1v) is 11.5. The molecule has 0 unspecified atom stereocenters. The lowest BCUT2D eigenvalue weighted by Gasteiger charge is -2.32. The first-order chi connectivity index (χ1) is 14.3. The van der Waals surface area contributed by atoms with Crippen molar-refractivity contribution in [1.82, 2.24) is 14.4 Å². The van der Waals surface area contributed by atoms with Crippen molar-refractivity contribution in [3.8, 4) is 11.4 Å². The first kappa shape index (κ1) is 20.6. The molecule has 158 valence electrons. The standard InChI is InChI=1S/C22H26N4O3S/c1-16(2)18-8-10-20(11-9-18)30(27,28)26-14-12-25(13-15-26)22-23-21(24-29-22)19-6-4-17(3)5-7-19/h4-11,16H,12-15H2,1-3H3. The van der Waals surface area contributed by atoms with Gasteiger partial charge < -0.3 is 9.42 Å². The maximum absolute atomic E-state index is 13.0. The fourth-order valence-electron chi connectivity index (χ4n) is 3.46. The molecule has 0 bridgehead atoms. The van der Waals surface area contributed by atoms with E-state index in [0.29, 0.717) is 48.8 Å². The van der Waals surface area contributed by atoms with Crippen molar-refractivity contribution in [2.75, 3.05) is 31.1 Å². The van der Waals surface area contributed by atoms with Crippen molar-refractivity contribution in [1.29, 1.82) is 0 Å². The van der Waals surface area contributed by atoms with E-state index in [4.69, 9.17) is 4.52 Å². The van der Waals surface area contributed by atoms with Gasteiger partial charge in [-0.15, -0.1) is 0 Å². The number of hydrogen-bond acceptors (Lipinski definition) is 6. The predicted octanol–water partition coefficient (Wildman–Crippen LogP) is 3.68. The lowest BCUT2D eigenvalue weighted by Crippen LogP contribution is -2.48. The summed E-state index contributed by atoms with van der Waals surface area (Å²) in [4.78, 5) is 6.75. The topological polar surface area (TPSA) is 79.5 Å². The highest BCUT2D eigenvalue weighted by molar-refractivity contribution is 7.89. The van der Waals surface area contributed by atoms with Crippen molar-refractivity contribution in [2.24, 2.45) is 0 Å². The van der Waals surface area contributed by atoms with Gasteiger partial charge in [-0.25, -0.2) is 8.42 Å². The Bertz CT molecular complexity index is 1100. The summed E-state index contributed by atoms with van der Waals surface area (Å²) in [6.45, 7) is 7.94. The molecular formula is C22H26N4O3S. The van der Waals surface area contributed by atoms with E-state index in [-0.39, 0.29) is 0 Å². The summed E-state index contributed by atoms with van der Waals surface area (Å²) in [5, 5.41) is 4.07. The second-order valence-corrected chi connectivity index (χ2v) is 9.82. The quantitative estimate of drug-likeness (QED) is 0.619. The van der Waals surface area contributed by atoms with E-state index in [1.54, 1.807) is 12.1 Å². The fourth-order valence-corrected chi connectivity index (χ4v) is 4.88. The Labute approximate surface area is 177 Å². The molecule has 30 heavy (non-hydrogen) atoms. The van der Waals surface area contributed by atoms with E-state index in [1.165, 1.54) is 9.87 Å². The van der Waals surface area contributed by atoms with Gasteiger partial charge in [0, 0.05) is 31.7 Å². The van der Waals surface area contributed by atoms with Gasteiger partial charge in [-0.05, 0) is 30.5 Å². The molecule has 4 rings (SSSR count). The third-order valence-electron chi connectivity index (χ3n) is 5.42. The molecule has 7 nitrogen and oxygen atoms in total. The number of aromatic nitrogens is 2. The number of benzene rings is 2. The summed E-state index contributed by atoms with van der Waals surface area (Å²) >= 11 is 0. The van der Waals surface area contributed by atoms with Crippen molar-refractivity contribution < 1.29 is 12.9 Å². The van der Waals surface area contributed by atoms with Gasteiger partial charge in [0.15, 0.2) is 0 Å². The smallest absolute Gasteiger partial charge is 0.322 e. The fraction of sp³-hybridized carbons (Fsp3) is 0.364. The molecule has 8 heteroatoms. The number of sulfonamides is 1. The van der Waals surface area contributed by atoms with Gasteiger partial charge in [0.05, 0.1) is 4.90 Å². The van der Waals surface area contributed by atoms with E-state index in [9.17, 15) is 8.42 Å². The molecule has 2 heterocycles. The minimum absolute atomic E-state index is 0.333. The van der Waals surface area contributed by atoms with Crippen LogP contribution < -0.4 is 4.90 Å². The SMILES string of the molecule is Cc1ccc(-c2noc(N3CCN(S(=O)(=O)c4ccc(C(C)C)cc4)CC3)n2)cc1. The molecule has 3 aromatic rings.